The Morgan fingerprint density at radius 3 is 2.87 bits per heavy atom. The van der Waals surface area contributed by atoms with E-state index in [9.17, 15) is 9.18 Å². The number of anilines is 1. The van der Waals surface area contributed by atoms with E-state index < -0.39 is 5.91 Å². The van der Waals surface area contributed by atoms with Gasteiger partial charge in [-0.05, 0) is 42.0 Å². The number of fused-ring (bicyclic) bond motifs is 3. The number of carbonyl (C=O) groups is 1. The van der Waals surface area contributed by atoms with Crippen LogP contribution in [0.1, 0.15) is 12.0 Å². The summed E-state index contributed by atoms with van der Waals surface area (Å²) < 4.78 is 16.2. The van der Waals surface area contributed by atoms with Crippen LogP contribution in [0.2, 0.25) is 5.02 Å². The number of hydrogen-bond donors (Lipinski definition) is 3. The van der Waals surface area contributed by atoms with E-state index in [0.717, 1.165) is 30.9 Å². The summed E-state index contributed by atoms with van der Waals surface area (Å²) in [6, 6.07) is 10.6. The van der Waals surface area contributed by atoms with Gasteiger partial charge in [-0.25, -0.2) is 14.4 Å². The van der Waals surface area contributed by atoms with Gasteiger partial charge in [-0.15, -0.1) is 0 Å². The van der Waals surface area contributed by atoms with Crippen molar-refractivity contribution in [3.63, 3.8) is 0 Å². The van der Waals surface area contributed by atoms with E-state index in [4.69, 9.17) is 33.0 Å². The molecule has 0 unspecified atom stereocenters. The van der Waals surface area contributed by atoms with E-state index in [-0.39, 0.29) is 23.7 Å². The lowest BCUT2D eigenvalue weighted by Gasteiger charge is -2.26. The molecular weight excluding hydrogens is 521 g/mol. The third-order valence-electron chi connectivity index (χ3n) is 8.37. The topological polar surface area (TPSA) is 145 Å². The number of H-pyrrole nitrogens is 1. The van der Waals surface area contributed by atoms with Gasteiger partial charge in [0.05, 0.1) is 16.7 Å². The van der Waals surface area contributed by atoms with E-state index in [1.807, 2.05) is 24.3 Å². The molecule has 2 aliphatic rings. The van der Waals surface area contributed by atoms with Crippen LogP contribution < -0.4 is 16.4 Å². The molecule has 7 rings (SSSR count). The van der Waals surface area contributed by atoms with E-state index in [1.165, 1.54) is 10.7 Å². The minimum absolute atomic E-state index is 0.0370. The molecule has 0 bridgehead atoms. The molecule has 2 fully saturated rings. The van der Waals surface area contributed by atoms with Crippen molar-refractivity contribution in [2.75, 3.05) is 24.5 Å². The second-order valence-electron chi connectivity index (χ2n) is 10.3. The monoisotopic (exact) mass is 545 g/mol. The van der Waals surface area contributed by atoms with Crippen molar-refractivity contribution in [1.82, 2.24) is 29.9 Å². The molecule has 1 aliphatic carbocycles. The first kappa shape index (κ1) is 24.0. The summed E-state index contributed by atoms with van der Waals surface area (Å²) in [5, 5.41) is 12.9. The fraction of sp³-hybridized carbons (Fsp3) is 0.296. The number of hydrogen-bond acceptors (Lipinski definition) is 7. The fourth-order valence-electron chi connectivity index (χ4n) is 6.50. The zero-order valence-electron chi connectivity index (χ0n) is 20.8. The molecule has 5 aromatic rings. The zero-order chi connectivity index (χ0) is 26.9. The van der Waals surface area contributed by atoms with Gasteiger partial charge >= 0.3 is 0 Å². The van der Waals surface area contributed by atoms with Gasteiger partial charge in [0, 0.05) is 42.2 Å². The maximum Gasteiger partial charge on any atom is 0.239 e. The second kappa shape index (κ2) is 8.72. The lowest BCUT2D eigenvalue weighted by atomic mass is 9.91. The van der Waals surface area contributed by atoms with Crippen LogP contribution in [0, 0.1) is 17.7 Å². The maximum atomic E-state index is 14.7. The maximum absolute atomic E-state index is 14.7. The molecule has 1 aliphatic heterocycles. The quantitative estimate of drug-likeness (QED) is 0.297. The van der Waals surface area contributed by atoms with Crippen LogP contribution in [0.3, 0.4) is 0 Å². The Morgan fingerprint density at radius 2 is 2.08 bits per heavy atom. The number of aromatic amines is 1. The van der Waals surface area contributed by atoms with Crippen LogP contribution in [0.15, 0.2) is 48.8 Å². The van der Waals surface area contributed by atoms with Gasteiger partial charge in [0.15, 0.2) is 5.65 Å². The molecule has 0 radical (unpaired) electrons. The summed E-state index contributed by atoms with van der Waals surface area (Å²) in [6.45, 7) is 1.90. The van der Waals surface area contributed by atoms with E-state index in [1.54, 1.807) is 18.5 Å². The third kappa shape index (κ3) is 3.60. The molecule has 4 heterocycles. The van der Waals surface area contributed by atoms with E-state index >= 15 is 0 Å². The van der Waals surface area contributed by atoms with Crippen LogP contribution in [0.25, 0.3) is 33.3 Å². The van der Waals surface area contributed by atoms with Crippen molar-refractivity contribution >= 4 is 45.4 Å². The minimum Gasteiger partial charge on any atom is -0.368 e. The van der Waals surface area contributed by atoms with Gasteiger partial charge in [-0.2, -0.15) is 10.2 Å². The Bertz CT molecular complexity index is 1770. The highest BCUT2D eigenvalue weighted by molar-refractivity contribution is 6.38. The Morgan fingerprint density at radius 1 is 1.23 bits per heavy atom. The minimum atomic E-state index is -0.490. The molecule has 2 aromatic carbocycles. The number of carbonyl (C=O) groups excluding carboxylic acids is 1. The van der Waals surface area contributed by atoms with Gasteiger partial charge in [0.1, 0.15) is 29.4 Å². The lowest BCUT2D eigenvalue weighted by Crippen LogP contribution is -2.32. The number of piperidine rings is 1. The highest BCUT2D eigenvalue weighted by Crippen LogP contribution is 2.63. The van der Waals surface area contributed by atoms with E-state index in [0.29, 0.717) is 50.8 Å². The summed E-state index contributed by atoms with van der Waals surface area (Å²) in [5.41, 5.74) is 15.0. The molecule has 1 saturated heterocycles. The first-order valence-corrected chi connectivity index (χ1v) is 13.1. The van der Waals surface area contributed by atoms with Gasteiger partial charge < -0.3 is 16.4 Å². The molecule has 0 spiro atoms. The fourth-order valence-corrected chi connectivity index (χ4v) is 6.80. The van der Waals surface area contributed by atoms with Crippen LogP contribution >= 0.6 is 11.6 Å². The number of aromatic nitrogens is 6. The molecule has 1 amide bonds. The first-order chi connectivity index (χ1) is 18.9. The highest BCUT2D eigenvalue weighted by atomic mass is 35.5. The van der Waals surface area contributed by atoms with Gasteiger partial charge in [0.2, 0.25) is 5.91 Å². The number of rotatable bonds is 6. The van der Waals surface area contributed by atoms with Crippen LogP contribution in [-0.4, -0.2) is 55.5 Å². The number of primary amides is 1. The second-order valence-corrected chi connectivity index (χ2v) is 10.7. The molecule has 3 atom stereocenters. The predicted octanol–water partition coefficient (Wildman–Crippen LogP) is 3.00. The smallest absolute Gasteiger partial charge is 0.239 e. The normalized spacial score (nSPS) is 22.4. The lowest BCUT2D eigenvalue weighted by molar-refractivity contribution is -0.118. The number of nitrogens with two attached hydrogens (primary N) is 2. The van der Waals surface area contributed by atoms with Crippen LogP contribution in [0.5, 0.6) is 0 Å². The molecule has 10 nitrogen and oxygen atoms in total. The third-order valence-corrected chi connectivity index (χ3v) is 8.77. The number of nitrogens with one attached hydrogen (secondary N) is 1. The van der Waals surface area contributed by atoms with Crippen molar-refractivity contribution in [2.24, 2.45) is 23.3 Å². The molecule has 5 N–H and O–H groups in total. The molecule has 39 heavy (non-hydrogen) atoms. The highest BCUT2D eigenvalue weighted by Gasteiger charge is 2.66. The number of amides is 1. The van der Waals surface area contributed by atoms with Crippen LogP contribution in [-0.2, 0) is 16.8 Å². The molecule has 3 aromatic heterocycles. The Hall–Kier alpha value is -4.09. The van der Waals surface area contributed by atoms with Gasteiger partial charge in [-0.1, -0.05) is 29.8 Å². The van der Waals surface area contributed by atoms with Gasteiger partial charge in [0.25, 0.3) is 0 Å². The summed E-state index contributed by atoms with van der Waals surface area (Å²) in [5.74, 6) is 0.666. The average Bonchev–Trinajstić information content (AvgIpc) is 3.18. The molecule has 198 valence electrons. The number of halogens is 2. The number of benzene rings is 2. The summed E-state index contributed by atoms with van der Waals surface area (Å²) in [4.78, 5) is 23.0. The number of nitrogens with zero attached hydrogens (tertiary/aromatic N) is 6. The van der Waals surface area contributed by atoms with Crippen molar-refractivity contribution < 1.29 is 9.18 Å². The molecular formula is C27H25ClFN9O. The summed E-state index contributed by atoms with van der Waals surface area (Å²) in [7, 11) is 0. The summed E-state index contributed by atoms with van der Waals surface area (Å²) >= 11 is 6.74. The zero-order valence-corrected chi connectivity index (χ0v) is 21.6. The van der Waals surface area contributed by atoms with Crippen molar-refractivity contribution in [3.8, 4) is 11.3 Å². The Balaban J connectivity index is 1.18. The van der Waals surface area contributed by atoms with Crippen molar-refractivity contribution in [2.45, 2.75) is 18.4 Å². The van der Waals surface area contributed by atoms with Crippen molar-refractivity contribution in [1.29, 1.82) is 0 Å². The Kier molecular flexibility index (Phi) is 5.36. The van der Waals surface area contributed by atoms with Crippen molar-refractivity contribution in [3.05, 3.63) is 65.2 Å². The van der Waals surface area contributed by atoms with Gasteiger partial charge in [-0.3, -0.25) is 14.6 Å². The largest absolute Gasteiger partial charge is 0.368 e. The van der Waals surface area contributed by atoms with Crippen LogP contribution in [0.4, 0.5) is 10.2 Å². The standard InChI is InChI=1S/C27H25ClFN9O/c28-23-14(5-6-20-15(23)10-38(36-20)12-21(31)39)24-25-26(35-34-24)33-22(9-32-25)37-8-7-16-18(11-37)27(16,13-30)17-3-1-2-4-19(17)29/h1-6,9-10,16,18H,7-8,11-13,30H2,(H2,31,39)(H,33,34,35)/t16-,18+,27-/m1/s1. The molecule has 12 heteroatoms. The average molecular weight is 546 g/mol. The first-order valence-electron chi connectivity index (χ1n) is 12.8. The SMILES string of the molecule is NC[C@]1(c2ccccc2F)[C@@H]2CCN(c3cnc4c(-c5ccc6nn(CC(N)=O)cc6c5Cl)n[nH]c4n3)C[C@@H]21. The van der Waals surface area contributed by atoms with E-state index in [2.05, 4.69) is 20.2 Å². The Labute approximate surface area is 227 Å². The summed E-state index contributed by atoms with van der Waals surface area (Å²) in [6.07, 6.45) is 4.34. The molecule has 1 saturated carbocycles. The predicted molar refractivity (Wildman–Crippen MR) is 146 cm³/mol.